The zero-order chi connectivity index (χ0) is 19.6. The molecule has 0 bridgehead atoms. The van der Waals surface area contributed by atoms with Crippen molar-refractivity contribution in [2.45, 2.75) is 11.9 Å². The van der Waals surface area contributed by atoms with E-state index in [1.54, 1.807) is 35.9 Å². The van der Waals surface area contributed by atoms with Crippen molar-refractivity contribution in [3.8, 4) is 0 Å². The molecule has 9 nitrogen and oxygen atoms in total. The number of anilines is 4. The largest absolute Gasteiger partial charge is 0.363 e. The number of imidazole rings is 1. The van der Waals surface area contributed by atoms with E-state index in [-0.39, 0.29) is 5.03 Å². The third kappa shape index (κ3) is 4.53. The van der Waals surface area contributed by atoms with Gasteiger partial charge in [-0.1, -0.05) is 0 Å². The molecule has 0 atom stereocenters. The van der Waals surface area contributed by atoms with Crippen LogP contribution in [-0.4, -0.2) is 42.0 Å². The highest BCUT2D eigenvalue weighted by Crippen LogP contribution is 2.20. The molecule has 0 unspecified atom stereocenters. The highest BCUT2D eigenvalue weighted by Gasteiger charge is 2.17. The van der Waals surface area contributed by atoms with Crippen molar-refractivity contribution in [1.82, 2.24) is 19.5 Å². The SMILES string of the molecule is Cc1cc(N(C)C)nc(Nc2ccc(NS(=O)(=O)c3cn(C)cn3)cc2)n1. The van der Waals surface area contributed by atoms with Gasteiger partial charge in [-0.3, -0.25) is 4.72 Å². The molecular formula is C17H21N7O2S. The van der Waals surface area contributed by atoms with E-state index in [0.29, 0.717) is 11.6 Å². The predicted molar refractivity (Wildman–Crippen MR) is 105 cm³/mol. The van der Waals surface area contributed by atoms with Crippen molar-refractivity contribution >= 4 is 33.2 Å². The van der Waals surface area contributed by atoms with Crippen LogP contribution >= 0.6 is 0 Å². The molecular weight excluding hydrogens is 366 g/mol. The van der Waals surface area contributed by atoms with Crippen LogP contribution in [0.25, 0.3) is 0 Å². The van der Waals surface area contributed by atoms with E-state index in [4.69, 9.17) is 0 Å². The topological polar surface area (TPSA) is 105 Å². The van der Waals surface area contributed by atoms with Gasteiger partial charge in [0.05, 0.1) is 6.33 Å². The minimum absolute atomic E-state index is 0.0309. The van der Waals surface area contributed by atoms with Crippen molar-refractivity contribution in [3.63, 3.8) is 0 Å². The van der Waals surface area contributed by atoms with Gasteiger partial charge in [-0.15, -0.1) is 0 Å². The van der Waals surface area contributed by atoms with Gasteiger partial charge in [-0.25, -0.2) is 9.97 Å². The lowest BCUT2D eigenvalue weighted by molar-refractivity contribution is 0.598. The average Bonchev–Trinajstić information content (AvgIpc) is 3.03. The fourth-order valence-corrected chi connectivity index (χ4v) is 3.36. The number of benzene rings is 1. The number of aromatic nitrogens is 4. The number of sulfonamides is 1. The second-order valence-electron chi connectivity index (χ2n) is 6.27. The van der Waals surface area contributed by atoms with E-state index in [2.05, 4.69) is 25.0 Å². The highest BCUT2D eigenvalue weighted by atomic mass is 32.2. The summed E-state index contributed by atoms with van der Waals surface area (Å²) in [6.45, 7) is 1.90. The fourth-order valence-electron chi connectivity index (χ4n) is 2.32. The lowest BCUT2D eigenvalue weighted by Gasteiger charge is -2.14. The maximum atomic E-state index is 12.3. The first kappa shape index (κ1) is 18.6. The summed E-state index contributed by atoms with van der Waals surface area (Å²) in [5, 5.41) is 3.09. The van der Waals surface area contributed by atoms with Crippen molar-refractivity contribution < 1.29 is 8.42 Å². The molecule has 0 spiro atoms. The standard InChI is InChI=1S/C17H21N7O2S/c1-12-9-15(23(2)3)21-17(19-12)20-13-5-7-14(8-6-13)22-27(25,26)16-10-24(4)11-18-16/h5-11,22H,1-4H3,(H,19,20,21). The molecule has 2 N–H and O–H groups in total. The van der Waals surface area contributed by atoms with Crippen LogP contribution in [0.5, 0.6) is 0 Å². The molecule has 0 saturated heterocycles. The molecule has 0 radical (unpaired) electrons. The monoisotopic (exact) mass is 387 g/mol. The molecule has 0 fully saturated rings. The number of hydrogen-bond donors (Lipinski definition) is 2. The third-order valence-electron chi connectivity index (χ3n) is 3.65. The van der Waals surface area contributed by atoms with Crippen LogP contribution in [0.3, 0.4) is 0 Å². The van der Waals surface area contributed by atoms with Gasteiger partial charge in [0, 0.05) is 50.5 Å². The van der Waals surface area contributed by atoms with Crippen molar-refractivity contribution in [2.75, 3.05) is 29.0 Å². The van der Waals surface area contributed by atoms with Gasteiger partial charge in [-0.05, 0) is 31.2 Å². The molecule has 27 heavy (non-hydrogen) atoms. The highest BCUT2D eigenvalue weighted by molar-refractivity contribution is 7.92. The quantitative estimate of drug-likeness (QED) is 0.667. The van der Waals surface area contributed by atoms with Crippen molar-refractivity contribution in [3.05, 3.63) is 48.5 Å². The van der Waals surface area contributed by atoms with Gasteiger partial charge in [0.2, 0.25) is 5.95 Å². The molecule has 0 aliphatic heterocycles. The third-order valence-corrected chi connectivity index (χ3v) is 4.91. The molecule has 3 rings (SSSR count). The number of nitrogens with one attached hydrogen (secondary N) is 2. The Bertz CT molecular complexity index is 1040. The number of aryl methyl sites for hydroxylation is 2. The van der Waals surface area contributed by atoms with E-state index in [0.717, 1.165) is 17.2 Å². The molecule has 0 saturated carbocycles. The Hall–Kier alpha value is -3.14. The van der Waals surface area contributed by atoms with Crippen LogP contribution in [0, 0.1) is 6.92 Å². The first-order valence-electron chi connectivity index (χ1n) is 8.14. The molecule has 0 aliphatic carbocycles. The van der Waals surface area contributed by atoms with Crippen LogP contribution in [0.2, 0.25) is 0 Å². The summed E-state index contributed by atoms with van der Waals surface area (Å²) in [6, 6.07) is 8.70. The molecule has 0 aliphatic rings. The van der Waals surface area contributed by atoms with Crippen LogP contribution in [0.1, 0.15) is 5.69 Å². The zero-order valence-corrected chi connectivity index (χ0v) is 16.3. The Labute approximate surface area is 158 Å². The van der Waals surface area contributed by atoms with Crippen LogP contribution in [0.4, 0.5) is 23.1 Å². The smallest absolute Gasteiger partial charge is 0.280 e. The lowest BCUT2D eigenvalue weighted by Crippen LogP contribution is -2.13. The van der Waals surface area contributed by atoms with Gasteiger partial charge in [0.15, 0.2) is 5.03 Å². The van der Waals surface area contributed by atoms with Gasteiger partial charge < -0.3 is 14.8 Å². The summed E-state index contributed by atoms with van der Waals surface area (Å²) in [5.74, 6) is 1.27. The Morgan fingerprint density at radius 2 is 1.74 bits per heavy atom. The second kappa shape index (κ2) is 7.23. The van der Waals surface area contributed by atoms with Gasteiger partial charge in [0.1, 0.15) is 5.82 Å². The Balaban J connectivity index is 1.74. The van der Waals surface area contributed by atoms with E-state index in [9.17, 15) is 8.42 Å². The normalized spacial score (nSPS) is 11.3. The van der Waals surface area contributed by atoms with E-state index in [1.807, 2.05) is 32.0 Å². The van der Waals surface area contributed by atoms with Gasteiger partial charge in [-0.2, -0.15) is 13.4 Å². The van der Waals surface area contributed by atoms with Crippen molar-refractivity contribution in [1.29, 1.82) is 0 Å². The summed E-state index contributed by atoms with van der Waals surface area (Å²) >= 11 is 0. The summed E-state index contributed by atoms with van der Waals surface area (Å²) in [6.07, 6.45) is 2.88. The molecule has 0 amide bonds. The zero-order valence-electron chi connectivity index (χ0n) is 15.5. The maximum Gasteiger partial charge on any atom is 0.280 e. The molecule has 2 aromatic heterocycles. The fraction of sp³-hybridized carbons (Fsp3) is 0.235. The first-order valence-corrected chi connectivity index (χ1v) is 9.62. The van der Waals surface area contributed by atoms with Crippen LogP contribution < -0.4 is 14.9 Å². The Morgan fingerprint density at radius 3 is 2.33 bits per heavy atom. The van der Waals surface area contributed by atoms with Crippen molar-refractivity contribution in [2.24, 2.45) is 7.05 Å². The average molecular weight is 387 g/mol. The van der Waals surface area contributed by atoms with Crippen LogP contribution in [0.15, 0.2) is 47.9 Å². The minimum atomic E-state index is -3.72. The Kier molecular flexibility index (Phi) is 5.00. The molecule has 1 aromatic carbocycles. The molecule has 2 heterocycles. The first-order chi connectivity index (χ1) is 12.7. The molecule has 142 valence electrons. The van der Waals surface area contributed by atoms with E-state index < -0.39 is 10.0 Å². The second-order valence-corrected chi connectivity index (χ2v) is 7.90. The molecule has 10 heteroatoms. The van der Waals surface area contributed by atoms with Gasteiger partial charge in [0.25, 0.3) is 10.0 Å². The summed E-state index contributed by atoms with van der Waals surface area (Å²) in [7, 11) is 1.81. The van der Waals surface area contributed by atoms with Gasteiger partial charge >= 0.3 is 0 Å². The summed E-state index contributed by atoms with van der Waals surface area (Å²) < 4.78 is 28.7. The number of hydrogen-bond acceptors (Lipinski definition) is 7. The minimum Gasteiger partial charge on any atom is -0.363 e. The lowest BCUT2D eigenvalue weighted by atomic mass is 10.3. The maximum absolute atomic E-state index is 12.3. The summed E-state index contributed by atoms with van der Waals surface area (Å²) in [4.78, 5) is 14.6. The van der Waals surface area contributed by atoms with Crippen LogP contribution in [-0.2, 0) is 17.1 Å². The number of rotatable bonds is 6. The van der Waals surface area contributed by atoms with E-state index in [1.165, 1.54) is 12.5 Å². The predicted octanol–water partition coefficient (Wildman–Crippen LogP) is 2.13. The Morgan fingerprint density at radius 1 is 1.07 bits per heavy atom. The summed E-state index contributed by atoms with van der Waals surface area (Å²) in [5.41, 5.74) is 2.02. The molecule has 3 aromatic rings. The number of nitrogens with zero attached hydrogens (tertiary/aromatic N) is 5. The van der Waals surface area contributed by atoms with E-state index >= 15 is 0 Å².